The molecule has 2 aliphatic rings. The van der Waals surface area contributed by atoms with Gasteiger partial charge < -0.3 is 15.0 Å². The fraction of sp³-hybridized carbons (Fsp3) is 0.500. The molecule has 90 valence electrons. The highest BCUT2D eigenvalue weighted by Gasteiger charge is 2.44. The summed E-state index contributed by atoms with van der Waals surface area (Å²) in [4.78, 5) is 18.3. The van der Waals surface area contributed by atoms with Crippen LogP contribution in [0.2, 0.25) is 0 Å². The Morgan fingerprint density at radius 2 is 2.24 bits per heavy atom. The highest BCUT2D eigenvalue weighted by molar-refractivity contribution is 5.95. The molecule has 0 spiro atoms. The highest BCUT2D eigenvalue weighted by atomic mass is 16.5. The van der Waals surface area contributed by atoms with Crippen molar-refractivity contribution in [3.05, 3.63) is 23.9 Å². The maximum absolute atomic E-state index is 12.3. The van der Waals surface area contributed by atoms with Crippen molar-refractivity contribution >= 4 is 5.91 Å². The van der Waals surface area contributed by atoms with Crippen molar-refractivity contribution in [2.24, 2.45) is 0 Å². The Labute approximate surface area is 99.8 Å². The number of piperazine rings is 1. The van der Waals surface area contributed by atoms with Crippen LogP contribution in [-0.4, -0.2) is 48.1 Å². The van der Waals surface area contributed by atoms with Crippen molar-refractivity contribution in [1.82, 2.24) is 15.2 Å². The second kappa shape index (κ2) is 4.00. The van der Waals surface area contributed by atoms with Crippen molar-refractivity contribution in [3.63, 3.8) is 0 Å². The Hall–Kier alpha value is -1.62. The quantitative estimate of drug-likeness (QED) is 0.797. The number of piperidine rings is 1. The van der Waals surface area contributed by atoms with E-state index in [1.54, 1.807) is 25.4 Å². The van der Waals surface area contributed by atoms with Crippen LogP contribution in [0.25, 0.3) is 0 Å². The molecule has 1 aromatic heterocycles. The summed E-state index contributed by atoms with van der Waals surface area (Å²) in [6.45, 7) is 1.82. The molecule has 0 saturated carbocycles. The van der Waals surface area contributed by atoms with Crippen molar-refractivity contribution in [1.29, 1.82) is 0 Å². The molecule has 0 aromatic carbocycles. The third-order valence-corrected chi connectivity index (χ3v) is 3.52. The number of hydrogen-bond donors (Lipinski definition) is 1. The summed E-state index contributed by atoms with van der Waals surface area (Å²) in [6.07, 6.45) is 2.71. The summed E-state index contributed by atoms with van der Waals surface area (Å²) in [5.41, 5.74) is 0.641. The Kier molecular flexibility index (Phi) is 2.48. The number of ether oxygens (including phenoxy) is 1. The maximum Gasteiger partial charge on any atom is 0.256 e. The van der Waals surface area contributed by atoms with Crippen molar-refractivity contribution in [2.45, 2.75) is 18.5 Å². The number of nitrogens with zero attached hydrogens (tertiary/aromatic N) is 2. The van der Waals surface area contributed by atoms with Gasteiger partial charge in [-0.15, -0.1) is 0 Å². The zero-order chi connectivity index (χ0) is 11.8. The Morgan fingerprint density at radius 1 is 1.47 bits per heavy atom. The summed E-state index contributed by atoms with van der Waals surface area (Å²) < 4.78 is 4.98. The first-order valence-electron chi connectivity index (χ1n) is 5.83. The van der Waals surface area contributed by atoms with E-state index in [1.165, 1.54) is 0 Å². The van der Waals surface area contributed by atoms with Crippen LogP contribution in [-0.2, 0) is 0 Å². The van der Waals surface area contributed by atoms with Crippen LogP contribution < -0.4 is 10.1 Å². The second-order valence-electron chi connectivity index (χ2n) is 4.50. The molecule has 2 fully saturated rings. The number of fused-ring (bicyclic) bond motifs is 2. The molecule has 5 nitrogen and oxygen atoms in total. The molecule has 3 heterocycles. The lowest BCUT2D eigenvalue weighted by molar-refractivity contribution is -0.00221. The number of carbonyl (C=O) groups excluding carboxylic acids is 1. The number of carbonyl (C=O) groups is 1. The SMILES string of the molecule is COc1ccc(C(=O)N2C3CNCC2C3)cn1. The van der Waals surface area contributed by atoms with Gasteiger partial charge in [-0.1, -0.05) is 0 Å². The summed E-state index contributed by atoms with van der Waals surface area (Å²) in [6, 6.07) is 4.23. The average Bonchev–Trinajstić information content (AvgIpc) is 2.39. The molecular formula is C12H15N3O2. The van der Waals surface area contributed by atoms with E-state index in [2.05, 4.69) is 10.3 Å². The van der Waals surface area contributed by atoms with Crippen molar-refractivity contribution < 1.29 is 9.53 Å². The minimum Gasteiger partial charge on any atom is -0.481 e. The van der Waals surface area contributed by atoms with Crippen LogP contribution in [0.3, 0.4) is 0 Å². The van der Waals surface area contributed by atoms with Crippen LogP contribution in [0.5, 0.6) is 5.88 Å². The van der Waals surface area contributed by atoms with Gasteiger partial charge in [-0.2, -0.15) is 0 Å². The van der Waals surface area contributed by atoms with Crippen LogP contribution in [0, 0.1) is 0 Å². The summed E-state index contributed by atoms with van der Waals surface area (Å²) in [7, 11) is 1.56. The standard InChI is InChI=1S/C12H15N3O2/c1-17-11-3-2-8(5-14-11)12(16)15-9-4-10(15)7-13-6-9/h2-3,5,9-10,13H,4,6-7H2,1H3. The molecule has 2 saturated heterocycles. The van der Waals surface area contributed by atoms with Gasteiger partial charge >= 0.3 is 0 Å². The van der Waals surface area contributed by atoms with Gasteiger partial charge in [0, 0.05) is 37.4 Å². The molecule has 1 N–H and O–H groups in total. The first-order valence-corrected chi connectivity index (χ1v) is 5.83. The maximum atomic E-state index is 12.3. The summed E-state index contributed by atoms with van der Waals surface area (Å²) in [5.74, 6) is 0.620. The number of rotatable bonds is 2. The topological polar surface area (TPSA) is 54.5 Å². The molecule has 2 aliphatic heterocycles. The van der Waals surface area contributed by atoms with E-state index >= 15 is 0 Å². The smallest absolute Gasteiger partial charge is 0.256 e. The van der Waals surface area contributed by atoms with Gasteiger partial charge in [-0.05, 0) is 12.5 Å². The van der Waals surface area contributed by atoms with E-state index < -0.39 is 0 Å². The largest absolute Gasteiger partial charge is 0.481 e. The Balaban J connectivity index is 1.77. The second-order valence-corrected chi connectivity index (χ2v) is 4.50. The zero-order valence-electron chi connectivity index (χ0n) is 9.72. The molecule has 2 atom stereocenters. The fourth-order valence-electron chi connectivity index (χ4n) is 2.59. The van der Waals surface area contributed by atoms with Gasteiger partial charge in [-0.25, -0.2) is 4.98 Å². The van der Waals surface area contributed by atoms with E-state index in [1.807, 2.05) is 4.90 Å². The van der Waals surface area contributed by atoms with Crippen molar-refractivity contribution in [2.75, 3.05) is 20.2 Å². The molecular weight excluding hydrogens is 218 g/mol. The Bertz CT molecular complexity index is 418. The fourth-order valence-corrected chi connectivity index (χ4v) is 2.59. The van der Waals surface area contributed by atoms with E-state index in [0.29, 0.717) is 23.5 Å². The first kappa shape index (κ1) is 10.5. The third-order valence-electron chi connectivity index (χ3n) is 3.52. The van der Waals surface area contributed by atoms with E-state index in [-0.39, 0.29) is 5.91 Å². The predicted molar refractivity (Wildman–Crippen MR) is 62.0 cm³/mol. The number of hydrogen-bond acceptors (Lipinski definition) is 4. The van der Waals surface area contributed by atoms with Gasteiger partial charge in [0.05, 0.1) is 12.7 Å². The molecule has 2 bridgehead atoms. The van der Waals surface area contributed by atoms with Crippen LogP contribution in [0.4, 0.5) is 0 Å². The molecule has 17 heavy (non-hydrogen) atoms. The number of aromatic nitrogens is 1. The van der Waals surface area contributed by atoms with E-state index in [0.717, 1.165) is 19.5 Å². The minimum atomic E-state index is 0.0860. The lowest BCUT2D eigenvalue weighted by Crippen LogP contribution is -2.69. The van der Waals surface area contributed by atoms with E-state index in [4.69, 9.17) is 4.74 Å². The number of nitrogens with one attached hydrogen (secondary N) is 1. The minimum absolute atomic E-state index is 0.0860. The van der Waals surface area contributed by atoms with E-state index in [9.17, 15) is 4.79 Å². The molecule has 2 unspecified atom stereocenters. The van der Waals surface area contributed by atoms with Crippen LogP contribution in [0.15, 0.2) is 18.3 Å². The van der Waals surface area contributed by atoms with Gasteiger partial charge in [0.25, 0.3) is 5.91 Å². The normalized spacial score (nSPS) is 26.3. The average molecular weight is 233 g/mol. The highest BCUT2D eigenvalue weighted by Crippen LogP contribution is 2.30. The lowest BCUT2D eigenvalue weighted by atomic mass is 9.88. The molecule has 0 aliphatic carbocycles. The summed E-state index contributed by atoms with van der Waals surface area (Å²) in [5, 5.41) is 3.31. The Morgan fingerprint density at radius 3 is 2.76 bits per heavy atom. The molecule has 1 aromatic rings. The molecule has 3 rings (SSSR count). The predicted octanol–water partition coefficient (Wildman–Crippen LogP) is 0.276. The van der Waals surface area contributed by atoms with Gasteiger partial charge in [0.1, 0.15) is 0 Å². The molecule has 1 amide bonds. The summed E-state index contributed by atoms with van der Waals surface area (Å²) >= 11 is 0. The monoisotopic (exact) mass is 233 g/mol. The third kappa shape index (κ3) is 1.67. The van der Waals surface area contributed by atoms with Crippen LogP contribution in [0.1, 0.15) is 16.8 Å². The zero-order valence-corrected chi connectivity index (χ0v) is 9.72. The number of amides is 1. The van der Waals surface area contributed by atoms with Crippen molar-refractivity contribution in [3.8, 4) is 5.88 Å². The molecule has 0 radical (unpaired) electrons. The van der Waals surface area contributed by atoms with Gasteiger partial charge in [0.15, 0.2) is 0 Å². The van der Waals surface area contributed by atoms with Gasteiger partial charge in [-0.3, -0.25) is 4.79 Å². The molecule has 5 heteroatoms. The van der Waals surface area contributed by atoms with Crippen LogP contribution >= 0.6 is 0 Å². The number of pyridine rings is 1. The van der Waals surface area contributed by atoms with Gasteiger partial charge in [0.2, 0.25) is 5.88 Å². The first-order chi connectivity index (χ1) is 8.29. The number of methoxy groups -OCH3 is 1. The lowest BCUT2D eigenvalue weighted by Gasteiger charge is -2.53.